The number of aromatic nitrogens is 3. The van der Waals surface area contributed by atoms with Gasteiger partial charge in [0.2, 0.25) is 0 Å². The lowest BCUT2D eigenvalue weighted by molar-refractivity contribution is -0.141. The summed E-state index contributed by atoms with van der Waals surface area (Å²) in [6.45, 7) is 1.21. The van der Waals surface area contributed by atoms with Gasteiger partial charge in [0.15, 0.2) is 17.7 Å². The van der Waals surface area contributed by atoms with E-state index in [1.54, 1.807) is 0 Å². The lowest BCUT2D eigenvalue weighted by atomic mass is 10.0. The number of ketones is 1. The van der Waals surface area contributed by atoms with E-state index in [4.69, 9.17) is 4.74 Å². The highest BCUT2D eigenvalue weighted by Crippen LogP contribution is 2.21. The summed E-state index contributed by atoms with van der Waals surface area (Å²) in [6.07, 6.45) is -5.94. The van der Waals surface area contributed by atoms with Gasteiger partial charge in [0, 0.05) is 0 Å². The van der Waals surface area contributed by atoms with Crippen LogP contribution in [0.25, 0.3) is 0 Å². The molecule has 10 heteroatoms. The lowest BCUT2D eigenvalue weighted by Gasteiger charge is -2.15. The van der Waals surface area contributed by atoms with Crippen molar-refractivity contribution in [1.82, 2.24) is 20.7 Å². The fourth-order valence-electron chi connectivity index (χ4n) is 1.78. The number of hydrogen-bond donors (Lipinski definition) is 5. The lowest BCUT2D eigenvalue weighted by Crippen LogP contribution is -2.44. The molecule has 1 aliphatic rings. The van der Waals surface area contributed by atoms with Gasteiger partial charge in [0.25, 0.3) is 5.91 Å². The number of amides is 1. The first-order valence-corrected chi connectivity index (χ1v) is 5.82. The summed E-state index contributed by atoms with van der Waals surface area (Å²) in [5.74, 6) is -1.48. The molecule has 2 unspecified atom stereocenters. The fourth-order valence-corrected chi connectivity index (χ4v) is 1.78. The molecule has 0 aliphatic carbocycles. The molecule has 5 N–H and O–H groups in total. The van der Waals surface area contributed by atoms with Gasteiger partial charge in [-0.05, 0) is 6.92 Å². The average molecular weight is 286 g/mol. The molecule has 1 saturated heterocycles. The van der Waals surface area contributed by atoms with Gasteiger partial charge in [-0.1, -0.05) is 0 Å². The molecule has 10 nitrogen and oxygen atoms in total. The van der Waals surface area contributed by atoms with Gasteiger partial charge in [0.05, 0.1) is 6.20 Å². The second-order valence-corrected chi connectivity index (χ2v) is 4.37. The Morgan fingerprint density at radius 3 is 2.70 bits per heavy atom. The third-order valence-electron chi connectivity index (χ3n) is 2.88. The van der Waals surface area contributed by atoms with Crippen LogP contribution in [0.15, 0.2) is 6.20 Å². The standard InChI is InChI=1S/C10H14N4O6/c1-3(15)5(16)8-6(17)7(18)10(20-8)12-9(19)4-2-11-14-13-4/h2-3,6-8,10,15,17-18H,1H3,(H,12,19)(H,11,13,14)/t3?,6-,7+,8+,10?/m1/s1. The van der Waals surface area contributed by atoms with Gasteiger partial charge in [-0.3, -0.25) is 9.59 Å². The Labute approximate surface area is 112 Å². The number of carbonyl (C=O) groups excluding carboxylic acids is 2. The maximum atomic E-state index is 11.7. The molecule has 5 atom stereocenters. The molecule has 0 aromatic carbocycles. The van der Waals surface area contributed by atoms with E-state index in [-0.39, 0.29) is 5.69 Å². The highest BCUT2D eigenvalue weighted by molar-refractivity contribution is 5.92. The maximum absolute atomic E-state index is 11.7. The van der Waals surface area contributed by atoms with Crippen molar-refractivity contribution in [2.45, 2.75) is 37.6 Å². The smallest absolute Gasteiger partial charge is 0.275 e. The molecule has 110 valence electrons. The van der Waals surface area contributed by atoms with Crippen LogP contribution in [0, 0.1) is 0 Å². The van der Waals surface area contributed by atoms with Crippen molar-refractivity contribution >= 4 is 11.7 Å². The summed E-state index contributed by atoms with van der Waals surface area (Å²) in [5.41, 5.74) is -0.0411. The van der Waals surface area contributed by atoms with Crippen molar-refractivity contribution in [2.75, 3.05) is 0 Å². The summed E-state index contributed by atoms with van der Waals surface area (Å²) in [6, 6.07) is 0. The molecule has 0 spiro atoms. The number of aromatic amines is 1. The molecule has 2 heterocycles. The number of H-pyrrole nitrogens is 1. The van der Waals surface area contributed by atoms with E-state index < -0.39 is 42.3 Å². The molecular formula is C10H14N4O6. The van der Waals surface area contributed by atoms with Crippen molar-refractivity contribution in [3.63, 3.8) is 0 Å². The van der Waals surface area contributed by atoms with Crippen LogP contribution < -0.4 is 5.32 Å². The molecular weight excluding hydrogens is 272 g/mol. The first-order valence-electron chi connectivity index (χ1n) is 5.82. The number of aliphatic hydroxyl groups is 3. The van der Waals surface area contributed by atoms with Crippen LogP contribution in [0.2, 0.25) is 0 Å². The van der Waals surface area contributed by atoms with Crippen LogP contribution in [-0.4, -0.2) is 73.1 Å². The molecule has 0 radical (unpaired) electrons. The molecule has 1 aliphatic heterocycles. The SMILES string of the molecule is CC(O)C(=O)[C@@H]1OC(NC(=O)c2cn[nH]n2)[C@@H](O)[C@H]1O. The van der Waals surface area contributed by atoms with Crippen LogP contribution in [0.5, 0.6) is 0 Å². The zero-order chi connectivity index (χ0) is 14.9. The van der Waals surface area contributed by atoms with Gasteiger partial charge >= 0.3 is 0 Å². The normalized spacial score (nSPS) is 31.0. The molecule has 0 bridgehead atoms. The van der Waals surface area contributed by atoms with Crippen LogP contribution in [-0.2, 0) is 9.53 Å². The molecule has 1 amide bonds. The van der Waals surface area contributed by atoms with Crippen LogP contribution >= 0.6 is 0 Å². The quantitative estimate of drug-likeness (QED) is 0.390. The van der Waals surface area contributed by atoms with E-state index >= 15 is 0 Å². The summed E-state index contributed by atoms with van der Waals surface area (Å²) >= 11 is 0. The van der Waals surface area contributed by atoms with Crippen molar-refractivity contribution in [1.29, 1.82) is 0 Å². The molecule has 2 rings (SSSR count). The average Bonchev–Trinajstić information content (AvgIpc) is 3.02. The van der Waals surface area contributed by atoms with Crippen LogP contribution in [0.1, 0.15) is 17.4 Å². The minimum Gasteiger partial charge on any atom is -0.387 e. The Kier molecular flexibility index (Phi) is 4.09. The minimum atomic E-state index is -1.54. The topological polar surface area (TPSA) is 158 Å². The van der Waals surface area contributed by atoms with Crippen LogP contribution in [0.3, 0.4) is 0 Å². The van der Waals surface area contributed by atoms with Crippen molar-refractivity contribution in [3.05, 3.63) is 11.9 Å². The number of nitrogens with zero attached hydrogens (tertiary/aromatic N) is 2. The fraction of sp³-hybridized carbons (Fsp3) is 0.600. The van der Waals surface area contributed by atoms with Crippen molar-refractivity contribution < 1.29 is 29.6 Å². The molecule has 1 aromatic heterocycles. The van der Waals surface area contributed by atoms with Gasteiger partial charge < -0.3 is 25.4 Å². The number of ether oxygens (including phenoxy) is 1. The summed E-state index contributed by atoms with van der Waals surface area (Å²) < 4.78 is 5.08. The Balaban J connectivity index is 2.03. The van der Waals surface area contributed by atoms with E-state index in [9.17, 15) is 24.9 Å². The number of nitrogens with one attached hydrogen (secondary N) is 2. The predicted octanol–water partition coefficient (Wildman–Crippen LogP) is -3.07. The van der Waals surface area contributed by atoms with Crippen molar-refractivity contribution in [2.24, 2.45) is 0 Å². The van der Waals surface area contributed by atoms with E-state index in [0.717, 1.165) is 6.20 Å². The van der Waals surface area contributed by atoms with E-state index in [2.05, 4.69) is 20.7 Å². The summed E-state index contributed by atoms with van der Waals surface area (Å²) in [4.78, 5) is 23.3. The largest absolute Gasteiger partial charge is 0.387 e. The Morgan fingerprint density at radius 2 is 2.15 bits per heavy atom. The third kappa shape index (κ3) is 2.67. The Morgan fingerprint density at radius 1 is 1.45 bits per heavy atom. The molecule has 0 saturated carbocycles. The van der Waals surface area contributed by atoms with E-state index in [1.807, 2.05) is 0 Å². The van der Waals surface area contributed by atoms with Gasteiger partial charge in [-0.25, -0.2) is 0 Å². The van der Waals surface area contributed by atoms with Crippen LogP contribution in [0.4, 0.5) is 0 Å². The number of aliphatic hydroxyl groups excluding tert-OH is 3. The zero-order valence-electron chi connectivity index (χ0n) is 10.4. The molecule has 20 heavy (non-hydrogen) atoms. The second-order valence-electron chi connectivity index (χ2n) is 4.37. The number of rotatable bonds is 4. The minimum absolute atomic E-state index is 0.0411. The summed E-state index contributed by atoms with van der Waals surface area (Å²) in [7, 11) is 0. The monoisotopic (exact) mass is 286 g/mol. The van der Waals surface area contributed by atoms with Gasteiger partial charge in [0.1, 0.15) is 24.4 Å². The molecule has 1 fully saturated rings. The maximum Gasteiger partial charge on any atom is 0.275 e. The summed E-state index contributed by atoms with van der Waals surface area (Å²) in [5, 5.41) is 40.1. The third-order valence-corrected chi connectivity index (χ3v) is 2.88. The second kappa shape index (κ2) is 5.63. The number of hydrogen-bond acceptors (Lipinski definition) is 8. The first kappa shape index (κ1) is 14.5. The Bertz CT molecular complexity index is 490. The van der Waals surface area contributed by atoms with Gasteiger partial charge in [-0.15, -0.1) is 0 Å². The number of Topliss-reactive ketones (excluding diaryl/α,β-unsaturated/α-hetero) is 1. The van der Waals surface area contributed by atoms with Crippen molar-refractivity contribution in [3.8, 4) is 0 Å². The number of carbonyl (C=O) groups is 2. The van der Waals surface area contributed by atoms with E-state index in [1.165, 1.54) is 6.92 Å². The van der Waals surface area contributed by atoms with Gasteiger partial charge in [-0.2, -0.15) is 15.4 Å². The first-order chi connectivity index (χ1) is 9.41. The predicted molar refractivity (Wildman–Crippen MR) is 61.2 cm³/mol. The van der Waals surface area contributed by atoms with E-state index in [0.29, 0.717) is 0 Å². The highest BCUT2D eigenvalue weighted by atomic mass is 16.6. The zero-order valence-corrected chi connectivity index (χ0v) is 10.4. The Hall–Kier alpha value is -1.88. The molecule has 1 aromatic rings. The highest BCUT2D eigenvalue weighted by Gasteiger charge is 2.47.